The number of thiol groups is 1. The third kappa shape index (κ3) is 3.19. The number of rotatable bonds is 4. The van der Waals surface area contributed by atoms with E-state index in [1.165, 1.54) is 12.3 Å². The number of nitrogens with zero attached hydrogens (tertiary/aromatic N) is 4. The van der Waals surface area contributed by atoms with Gasteiger partial charge in [0.25, 0.3) is 0 Å². The number of aromatic nitrogens is 4. The van der Waals surface area contributed by atoms with Crippen molar-refractivity contribution in [2.24, 2.45) is 0 Å². The summed E-state index contributed by atoms with van der Waals surface area (Å²) in [5, 5.41) is 20.0. The molecule has 2 aromatic carbocycles. The van der Waals surface area contributed by atoms with Crippen LogP contribution in [-0.4, -0.2) is 37.4 Å². The summed E-state index contributed by atoms with van der Waals surface area (Å²) in [6, 6.07) is 7.94. The monoisotopic (exact) mass is 406 g/mol. The van der Waals surface area contributed by atoms with Gasteiger partial charge in [0.1, 0.15) is 16.7 Å². The molecule has 4 aromatic rings. The number of ether oxygens (including phenoxy) is 1. The van der Waals surface area contributed by atoms with Crippen LogP contribution in [0, 0.1) is 0 Å². The lowest BCUT2D eigenvalue weighted by Crippen LogP contribution is -2.04. The number of phenols is 1. The molecule has 0 saturated heterocycles. The summed E-state index contributed by atoms with van der Waals surface area (Å²) < 4.78 is 44.2. The van der Waals surface area contributed by atoms with Gasteiger partial charge in [0.05, 0.1) is 12.2 Å². The Labute approximate surface area is 162 Å². The molecular formula is C18H13F3N4O2S. The molecule has 1 N–H and O–H groups in total. The minimum atomic E-state index is -4.47. The van der Waals surface area contributed by atoms with Crippen molar-refractivity contribution in [3.63, 3.8) is 0 Å². The Bertz CT molecular complexity index is 1180. The van der Waals surface area contributed by atoms with Crippen LogP contribution < -0.4 is 4.74 Å². The van der Waals surface area contributed by atoms with Gasteiger partial charge in [0, 0.05) is 22.7 Å². The Hall–Kier alpha value is -3.01. The van der Waals surface area contributed by atoms with Gasteiger partial charge in [-0.3, -0.25) is 0 Å². The Kier molecular flexibility index (Phi) is 4.50. The van der Waals surface area contributed by atoms with Gasteiger partial charge >= 0.3 is 6.18 Å². The fourth-order valence-electron chi connectivity index (χ4n) is 2.82. The highest BCUT2D eigenvalue weighted by atomic mass is 32.1. The average molecular weight is 406 g/mol. The van der Waals surface area contributed by atoms with E-state index in [0.29, 0.717) is 29.0 Å². The Morgan fingerprint density at radius 2 is 1.82 bits per heavy atom. The first-order chi connectivity index (χ1) is 13.4. The number of benzene rings is 2. The largest absolute Gasteiger partial charge is 0.505 e. The zero-order chi connectivity index (χ0) is 19.9. The first-order valence-corrected chi connectivity index (χ1v) is 8.81. The van der Waals surface area contributed by atoms with Gasteiger partial charge in [-0.1, -0.05) is 0 Å². The highest BCUT2D eigenvalue weighted by molar-refractivity contribution is 7.80. The number of fused-ring (bicyclic) bond motifs is 2. The molecule has 0 fully saturated rings. The molecule has 6 nitrogen and oxygen atoms in total. The van der Waals surface area contributed by atoms with Crippen molar-refractivity contribution >= 4 is 34.4 Å². The van der Waals surface area contributed by atoms with E-state index in [0.717, 1.165) is 16.9 Å². The summed E-state index contributed by atoms with van der Waals surface area (Å²) in [6.07, 6.45) is -2.98. The summed E-state index contributed by atoms with van der Waals surface area (Å²) in [7, 11) is 0. The van der Waals surface area contributed by atoms with Crippen LogP contribution in [0.2, 0.25) is 0 Å². The van der Waals surface area contributed by atoms with E-state index in [9.17, 15) is 18.3 Å². The SMILES string of the molecule is Oc1c(-n2nc3ccc(C(F)(F)F)cc3n2)ccc2c(OCCS)nccc12. The average Bonchev–Trinajstić information content (AvgIpc) is 3.09. The molecule has 0 atom stereocenters. The molecule has 10 heteroatoms. The van der Waals surface area contributed by atoms with Crippen molar-refractivity contribution in [2.45, 2.75) is 6.18 Å². The molecule has 28 heavy (non-hydrogen) atoms. The van der Waals surface area contributed by atoms with Crippen molar-refractivity contribution in [1.29, 1.82) is 0 Å². The molecule has 0 saturated carbocycles. The summed E-state index contributed by atoms with van der Waals surface area (Å²) >= 11 is 4.09. The normalized spacial score (nSPS) is 12.0. The van der Waals surface area contributed by atoms with Crippen LogP contribution >= 0.6 is 12.6 Å². The lowest BCUT2D eigenvalue weighted by Gasteiger charge is -2.10. The molecule has 0 unspecified atom stereocenters. The van der Waals surface area contributed by atoms with Crippen LogP contribution in [0.3, 0.4) is 0 Å². The van der Waals surface area contributed by atoms with Crippen LogP contribution in [0.25, 0.3) is 27.5 Å². The van der Waals surface area contributed by atoms with Gasteiger partial charge in [0.2, 0.25) is 5.88 Å². The topological polar surface area (TPSA) is 73.1 Å². The number of halogens is 3. The van der Waals surface area contributed by atoms with E-state index in [2.05, 4.69) is 27.8 Å². The molecule has 0 amide bonds. The zero-order valence-corrected chi connectivity index (χ0v) is 15.1. The third-order valence-electron chi connectivity index (χ3n) is 4.11. The van der Waals surface area contributed by atoms with Gasteiger partial charge in [0.15, 0.2) is 5.75 Å². The number of phenolic OH excluding ortho intramolecular Hbond substituents is 1. The summed E-state index contributed by atoms with van der Waals surface area (Å²) in [5.41, 5.74) is -0.239. The van der Waals surface area contributed by atoms with Crippen molar-refractivity contribution in [1.82, 2.24) is 20.0 Å². The lowest BCUT2D eigenvalue weighted by molar-refractivity contribution is -0.137. The number of pyridine rings is 1. The van der Waals surface area contributed by atoms with Gasteiger partial charge in [-0.15, -0.1) is 15.0 Å². The summed E-state index contributed by atoms with van der Waals surface area (Å²) in [5.74, 6) is 0.722. The van der Waals surface area contributed by atoms with Gasteiger partial charge in [-0.2, -0.15) is 25.8 Å². The fourth-order valence-corrected chi connectivity index (χ4v) is 2.91. The van der Waals surface area contributed by atoms with Crippen molar-refractivity contribution < 1.29 is 23.0 Å². The van der Waals surface area contributed by atoms with E-state index < -0.39 is 11.7 Å². The first-order valence-electron chi connectivity index (χ1n) is 8.17. The van der Waals surface area contributed by atoms with E-state index in [-0.39, 0.29) is 22.5 Å². The van der Waals surface area contributed by atoms with Crippen LogP contribution in [-0.2, 0) is 6.18 Å². The van der Waals surface area contributed by atoms with E-state index in [4.69, 9.17) is 4.74 Å². The molecule has 2 aromatic heterocycles. The van der Waals surface area contributed by atoms with Gasteiger partial charge < -0.3 is 9.84 Å². The quantitative estimate of drug-likeness (QED) is 0.501. The summed E-state index contributed by atoms with van der Waals surface area (Å²) in [6.45, 7) is 0.353. The van der Waals surface area contributed by atoms with E-state index >= 15 is 0 Å². The highest BCUT2D eigenvalue weighted by Gasteiger charge is 2.31. The molecule has 0 radical (unpaired) electrons. The predicted octanol–water partition coefficient (Wildman–Crippen LogP) is 4.00. The Morgan fingerprint density at radius 1 is 1.04 bits per heavy atom. The third-order valence-corrected chi connectivity index (χ3v) is 4.29. The van der Waals surface area contributed by atoms with Crippen molar-refractivity contribution in [3.05, 3.63) is 48.2 Å². The number of aromatic hydroxyl groups is 1. The molecule has 0 aliphatic carbocycles. The number of hydrogen-bond acceptors (Lipinski definition) is 6. The van der Waals surface area contributed by atoms with Crippen LogP contribution in [0.1, 0.15) is 5.56 Å². The smallest absolute Gasteiger partial charge is 0.416 e. The predicted molar refractivity (Wildman–Crippen MR) is 100 cm³/mol. The van der Waals surface area contributed by atoms with Gasteiger partial charge in [-0.05, 0) is 36.4 Å². The number of alkyl halides is 3. The second-order valence-electron chi connectivity index (χ2n) is 5.91. The Morgan fingerprint density at radius 3 is 2.57 bits per heavy atom. The first kappa shape index (κ1) is 18.4. The standard InChI is InChI=1S/C18H13F3N4O2S/c19-18(20,21)10-1-3-13-14(9-10)24-25(23-13)15-4-2-12-11(16(15)26)5-6-22-17(12)27-7-8-28/h1-6,9,26,28H,7-8H2. The molecule has 144 valence electrons. The maximum absolute atomic E-state index is 12.9. The summed E-state index contributed by atoms with van der Waals surface area (Å²) in [4.78, 5) is 5.25. The minimum Gasteiger partial charge on any atom is -0.505 e. The maximum atomic E-state index is 12.9. The Balaban J connectivity index is 1.81. The van der Waals surface area contributed by atoms with Crippen molar-refractivity contribution in [2.75, 3.05) is 12.4 Å². The fraction of sp³-hybridized carbons (Fsp3) is 0.167. The van der Waals surface area contributed by atoms with E-state index in [1.807, 2.05) is 0 Å². The second-order valence-corrected chi connectivity index (χ2v) is 6.35. The zero-order valence-electron chi connectivity index (χ0n) is 14.2. The highest BCUT2D eigenvalue weighted by Crippen LogP contribution is 2.35. The van der Waals surface area contributed by atoms with Crippen LogP contribution in [0.4, 0.5) is 13.2 Å². The maximum Gasteiger partial charge on any atom is 0.416 e. The minimum absolute atomic E-state index is 0.0712. The molecule has 0 bridgehead atoms. The van der Waals surface area contributed by atoms with Crippen LogP contribution in [0.15, 0.2) is 42.6 Å². The molecule has 0 aliphatic rings. The van der Waals surface area contributed by atoms with E-state index in [1.54, 1.807) is 18.2 Å². The lowest BCUT2D eigenvalue weighted by atomic mass is 10.1. The molecule has 2 heterocycles. The van der Waals surface area contributed by atoms with Crippen LogP contribution in [0.5, 0.6) is 11.6 Å². The molecule has 4 rings (SSSR count). The molecule has 0 spiro atoms. The number of hydrogen-bond donors (Lipinski definition) is 2. The second kappa shape index (κ2) is 6.86. The van der Waals surface area contributed by atoms with Gasteiger partial charge in [-0.25, -0.2) is 4.98 Å². The molecular weight excluding hydrogens is 393 g/mol. The van der Waals surface area contributed by atoms with Crippen molar-refractivity contribution in [3.8, 4) is 17.3 Å². The molecule has 0 aliphatic heterocycles.